The summed E-state index contributed by atoms with van der Waals surface area (Å²) in [4.78, 5) is 32.1. The molecule has 1 aromatic carbocycles. The number of amides is 2. The van der Waals surface area contributed by atoms with E-state index in [1.807, 2.05) is 38.1 Å². The number of alkyl carbamates (subject to hydrolysis) is 1. The van der Waals surface area contributed by atoms with Crippen LogP contribution in [-0.4, -0.2) is 34.6 Å². The van der Waals surface area contributed by atoms with E-state index in [4.69, 9.17) is 9.47 Å². The van der Waals surface area contributed by atoms with Crippen LogP contribution in [0.5, 0.6) is 11.8 Å². The van der Waals surface area contributed by atoms with Crippen LogP contribution >= 0.6 is 0 Å². The van der Waals surface area contributed by atoms with E-state index in [9.17, 15) is 9.59 Å². The molecule has 1 aromatic heterocycles. The zero-order valence-electron chi connectivity index (χ0n) is 17.4. The minimum atomic E-state index is -0.774. The molecule has 8 nitrogen and oxygen atoms in total. The van der Waals surface area contributed by atoms with Crippen LogP contribution in [0.25, 0.3) is 0 Å². The Labute approximate surface area is 171 Å². The van der Waals surface area contributed by atoms with Gasteiger partial charge in [0.05, 0.1) is 24.7 Å². The van der Waals surface area contributed by atoms with Gasteiger partial charge >= 0.3 is 12.1 Å². The Morgan fingerprint density at radius 2 is 1.76 bits per heavy atom. The van der Waals surface area contributed by atoms with Crippen molar-refractivity contribution in [3.05, 3.63) is 42.2 Å². The third-order valence-corrected chi connectivity index (χ3v) is 3.90. The second-order valence-electron chi connectivity index (χ2n) is 7.43. The average molecular weight is 400 g/mol. The van der Waals surface area contributed by atoms with Crippen molar-refractivity contribution in [3.8, 4) is 11.8 Å². The van der Waals surface area contributed by atoms with Crippen molar-refractivity contribution in [1.29, 1.82) is 0 Å². The van der Waals surface area contributed by atoms with Crippen LogP contribution in [-0.2, 0) is 9.53 Å². The normalized spacial score (nSPS) is 11.8. The lowest BCUT2D eigenvalue weighted by Gasteiger charge is -2.14. The van der Waals surface area contributed by atoms with Crippen molar-refractivity contribution in [3.63, 3.8) is 0 Å². The first kappa shape index (κ1) is 22.1. The van der Waals surface area contributed by atoms with E-state index in [1.54, 1.807) is 6.92 Å². The number of hydrogen-bond acceptors (Lipinski definition) is 6. The topological polar surface area (TPSA) is 102 Å². The summed E-state index contributed by atoms with van der Waals surface area (Å²) in [6.07, 6.45) is 2.25. The largest absolute Gasteiger partial charge is 0.449 e. The molecule has 0 aliphatic rings. The van der Waals surface area contributed by atoms with Gasteiger partial charge in [-0.25, -0.2) is 14.8 Å². The van der Waals surface area contributed by atoms with Gasteiger partial charge in [-0.2, -0.15) is 0 Å². The van der Waals surface area contributed by atoms with Crippen molar-refractivity contribution >= 4 is 17.7 Å². The smallest absolute Gasteiger partial charge is 0.407 e. The molecule has 29 heavy (non-hydrogen) atoms. The van der Waals surface area contributed by atoms with Crippen LogP contribution in [0, 0.1) is 5.92 Å². The molecule has 0 saturated heterocycles. The molecule has 0 aliphatic heterocycles. The number of aromatic nitrogens is 2. The summed E-state index contributed by atoms with van der Waals surface area (Å²) in [5.74, 6) is 0.838. The second-order valence-corrected chi connectivity index (χ2v) is 7.43. The lowest BCUT2D eigenvalue weighted by molar-refractivity contribution is -0.117. The van der Waals surface area contributed by atoms with Crippen LogP contribution in [0.2, 0.25) is 0 Å². The lowest BCUT2D eigenvalue weighted by atomic mass is 10.0. The molecule has 2 rings (SSSR count). The average Bonchev–Trinajstić information content (AvgIpc) is 2.68. The van der Waals surface area contributed by atoms with Crippen molar-refractivity contribution in [2.45, 2.75) is 46.6 Å². The highest BCUT2D eigenvalue weighted by Gasteiger charge is 2.17. The van der Waals surface area contributed by atoms with Crippen molar-refractivity contribution < 1.29 is 19.1 Å². The molecule has 2 N–H and O–H groups in total. The van der Waals surface area contributed by atoms with Gasteiger partial charge in [0.15, 0.2) is 0 Å². The monoisotopic (exact) mass is 400 g/mol. The molecule has 0 spiro atoms. The predicted molar refractivity (Wildman–Crippen MR) is 110 cm³/mol. The van der Waals surface area contributed by atoms with E-state index in [0.717, 1.165) is 5.56 Å². The van der Waals surface area contributed by atoms with Gasteiger partial charge in [0, 0.05) is 0 Å². The maximum Gasteiger partial charge on any atom is 0.407 e. The SMILES string of the molecule is CC(C)COC(=O)N[C@H](C)C(=O)Nc1cnc(Oc2cccc(C(C)C)c2)nc1. The van der Waals surface area contributed by atoms with Gasteiger partial charge in [-0.1, -0.05) is 39.8 Å². The molecule has 0 saturated carbocycles. The highest BCUT2D eigenvalue weighted by atomic mass is 16.5. The number of benzene rings is 1. The number of rotatable bonds is 8. The van der Waals surface area contributed by atoms with E-state index < -0.39 is 18.0 Å². The van der Waals surface area contributed by atoms with Gasteiger partial charge < -0.3 is 20.1 Å². The zero-order valence-corrected chi connectivity index (χ0v) is 17.4. The number of carbonyl (C=O) groups is 2. The molecule has 8 heteroatoms. The Morgan fingerprint density at radius 3 is 2.38 bits per heavy atom. The summed E-state index contributed by atoms with van der Waals surface area (Å²) in [5, 5.41) is 5.11. The maximum absolute atomic E-state index is 12.2. The Morgan fingerprint density at radius 1 is 1.07 bits per heavy atom. The van der Waals surface area contributed by atoms with Gasteiger partial charge in [0.25, 0.3) is 0 Å². The second kappa shape index (κ2) is 10.4. The zero-order chi connectivity index (χ0) is 21.4. The molecule has 1 atom stereocenters. The number of nitrogens with zero attached hydrogens (tertiary/aromatic N) is 2. The Kier molecular flexibility index (Phi) is 7.94. The maximum atomic E-state index is 12.2. The molecule has 0 fully saturated rings. The van der Waals surface area contributed by atoms with Gasteiger partial charge in [-0.3, -0.25) is 4.79 Å². The van der Waals surface area contributed by atoms with Crippen LogP contribution < -0.4 is 15.4 Å². The number of carbonyl (C=O) groups excluding carboxylic acids is 2. The van der Waals surface area contributed by atoms with Crippen LogP contribution in [0.4, 0.5) is 10.5 Å². The molecule has 1 heterocycles. The first-order valence-electron chi connectivity index (χ1n) is 9.58. The van der Waals surface area contributed by atoms with E-state index in [2.05, 4.69) is 34.4 Å². The van der Waals surface area contributed by atoms with E-state index >= 15 is 0 Å². The third-order valence-electron chi connectivity index (χ3n) is 3.90. The van der Waals surface area contributed by atoms with Crippen molar-refractivity contribution in [1.82, 2.24) is 15.3 Å². The number of ether oxygens (including phenoxy) is 2. The highest BCUT2D eigenvalue weighted by molar-refractivity contribution is 5.96. The van der Waals surface area contributed by atoms with Crippen molar-refractivity contribution in [2.24, 2.45) is 5.92 Å². The number of hydrogen-bond donors (Lipinski definition) is 2. The first-order valence-corrected chi connectivity index (χ1v) is 9.58. The van der Waals surface area contributed by atoms with Crippen LogP contribution in [0.15, 0.2) is 36.7 Å². The molecular formula is C21H28N4O4. The van der Waals surface area contributed by atoms with Gasteiger partial charge in [-0.15, -0.1) is 0 Å². The fourth-order valence-electron chi connectivity index (χ4n) is 2.25. The van der Waals surface area contributed by atoms with E-state index in [-0.39, 0.29) is 18.5 Å². The summed E-state index contributed by atoms with van der Waals surface area (Å²) < 4.78 is 10.7. The molecular weight excluding hydrogens is 372 g/mol. The fourth-order valence-corrected chi connectivity index (χ4v) is 2.25. The van der Waals surface area contributed by atoms with Crippen LogP contribution in [0.1, 0.15) is 46.1 Å². The molecule has 0 radical (unpaired) electrons. The lowest BCUT2D eigenvalue weighted by Crippen LogP contribution is -2.42. The fraction of sp³-hybridized carbons (Fsp3) is 0.429. The Bertz CT molecular complexity index is 822. The molecule has 2 amide bonds. The summed E-state index contributed by atoms with van der Waals surface area (Å²) in [6.45, 7) is 9.91. The standard InChI is InChI=1S/C21H28N4O4/c1-13(2)12-28-21(27)24-15(5)19(26)25-17-10-22-20(23-11-17)29-18-8-6-7-16(9-18)14(3)4/h6-11,13-15H,12H2,1-5H3,(H,24,27)(H,25,26)/t15-/m1/s1. The summed E-state index contributed by atoms with van der Waals surface area (Å²) in [7, 11) is 0. The molecule has 156 valence electrons. The quantitative estimate of drug-likeness (QED) is 0.691. The van der Waals surface area contributed by atoms with Gasteiger partial charge in [0.2, 0.25) is 5.91 Å². The molecule has 0 aliphatic carbocycles. The Hall–Kier alpha value is -3.16. The van der Waals surface area contributed by atoms with E-state index in [1.165, 1.54) is 12.4 Å². The molecule has 0 bridgehead atoms. The highest BCUT2D eigenvalue weighted by Crippen LogP contribution is 2.23. The molecule has 2 aromatic rings. The van der Waals surface area contributed by atoms with Gasteiger partial charge in [-0.05, 0) is 36.5 Å². The third kappa shape index (κ3) is 7.40. The van der Waals surface area contributed by atoms with Gasteiger partial charge in [0.1, 0.15) is 11.8 Å². The summed E-state index contributed by atoms with van der Waals surface area (Å²) in [5.41, 5.74) is 1.54. The minimum absolute atomic E-state index is 0.173. The summed E-state index contributed by atoms with van der Waals surface area (Å²) >= 11 is 0. The number of anilines is 1. The minimum Gasteiger partial charge on any atom is -0.449 e. The molecule has 0 unspecified atom stereocenters. The van der Waals surface area contributed by atoms with E-state index in [0.29, 0.717) is 17.4 Å². The summed E-state index contributed by atoms with van der Waals surface area (Å²) in [6, 6.07) is 7.12. The first-order chi connectivity index (χ1) is 13.7. The number of nitrogens with one attached hydrogen (secondary N) is 2. The predicted octanol–water partition coefficient (Wildman–Crippen LogP) is 4.10. The Balaban J connectivity index is 1.89. The van der Waals surface area contributed by atoms with Crippen molar-refractivity contribution in [2.75, 3.05) is 11.9 Å². The van der Waals surface area contributed by atoms with Crippen LogP contribution in [0.3, 0.4) is 0 Å².